The van der Waals surface area contributed by atoms with Crippen molar-refractivity contribution in [2.45, 2.75) is 83.2 Å². The zero-order chi connectivity index (χ0) is 22.6. The molecule has 0 amide bonds. The first-order valence-electron chi connectivity index (χ1n) is 11.5. The summed E-state index contributed by atoms with van der Waals surface area (Å²) in [6, 6.07) is 10.0. The minimum Gasteiger partial charge on any atom is -0.463 e. The fourth-order valence-corrected chi connectivity index (χ4v) is 4.08. The summed E-state index contributed by atoms with van der Waals surface area (Å²) in [6.45, 7) is 3.68. The number of allylic oxidation sites excluding steroid dienone is 2. The van der Waals surface area contributed by atoms with Crippen LogP contribution in [0.4, 0.5) is 0 Å². The zero-order valence-corrected chi connectivity index (χ0v) is 18.8. The number of hydrogen-bond donors (Lipinski definition) is 3. The van der Waals surface area contributed by atoms with E-state index in [0.29, 0.717) is 25.7 Å². The monoisotopic (exact) mass is 430 g/mol. The van der Waals surface area contributed by atoms with Gasteiger partial charge in [-0.05, 0) is 57.4 Å². The number of benzene rings is 1. The molecule has 1 saturated carbocycles. The summed E-state index contributed by atoms with van der Waals surface area (Å²) in [5, 5.41) is 31.0. The Kier molecular flexibility index (Phi) is 11.0. The van der Waals surface area contributed by atoms with Crippen LogP contribution in [0.5, 0.6) is 0 Å². The first-order valence-corrected chi connectivity index (χ1v) is 11.5. The Morgan fingerprint density at radius 1 is 1.16 bits per heavy atom. The third kappa shape index (κ3) is 9.38. The van der Waals surface area contributed by atoms with Gasteiger partial charge in [0.1, 0.15) is 0 Å². The highest BCUT2D eigenvalue weighted by Gasteiger charge is 2.39. The van der Waals surface area contributed by atoms with Crippen molar-refractivity contribution >= 4 is 5.97 Å². The standard InChI is InChI=1S/C26H38O5/c1-19(2)31-26(30)13-9-4-3-8-12-22-23(25(29)18-24(22)28)17-16-21(27)15-14-20-10-6-5-7-11-20/h3,5-8,10-11,16-17,19,21-25,27-29H,4,9,12-15,18H2,1-2H3/b8-3-,17-16+/t21-,22?,23?,24-,25+/m0/s1. The van der Waals surface area contributed by atoms with E-state index >= 15 is 0 Å². The molecule has 1 aromatic carbocycles. The lowest BCUT2D eigenvalue weighted by atomic mass is 9.89. The highest BCUT2D eigenvalue weighted by Crippen LogP contribution is 2.36. The van der Waals surface area contributed by atoms with E-state index < -0.39 is 18.3 Å². The smallest absolute Gasteiger partial charge is 0.306 e. The van der Waals surface area contributed by atoms with Crippen LogP contribution in [0.2, 0.25) is 0 Å². The number of hydrogen-bond acceptors (Lipinski definition) is 5. The van der Waals surface area contributed by atoms with Crippen molar-refractivity contribution in [1.82, 2.24) is 0 Å². The number of aliphatic hydroxyl groups is 3. The molecule has 0 radical (unpaired) electrons. The average Bonchev–Trinajstić information content (AvgIpc) is 3.00. The van der Waals surface area contributed by atoms with Gasteiger partial charge in [-0.2, -0.15) is 0 Å². The van der Waals surface area contributed by atoms with E-state index in [1.165, 1.54) is 5.56 Å². The predicted molar refractivity (Wildman–Crippen MR) is 122 cm³/mol. The fraction of sp³-hybridized carbons (Fsp3) is 0.577. The molecule has 31 heavy (non-hydrogen) atoms. The maximum Gasteiger partial charge on any atom is 0.306 e. The summed E-state index contributed by atoms with van der Waals surface area (Å²) >= 11 is 0. The van der Waals surface area contributed by atoms with Gasteiger partial charge in [0.15, 0.2) is 0 Å². The van der Waals surface area contributed by atoms with Gasteiger partial charge in [0.25, 0.3) is 0 Å². The number of esters is 1. The van der Waals surface area contributed by atoms with Crippen LogP contribution in [0, 0.1) is 11.8 Å². The molecule has 5 atom stereocenters. The van der Waals surface area contributed by atoms with Crippen molar-refractivity contribution in [2.75, 3.05) is 0 Å². The SMILES string of the molecule is CC(C)OC(=O)CCC/C=C\CC1C(/C=C/[C@@H](O)CCc2ccccc2)[C@H](O)C[C@@H]1O. The quantitative estimate of drug-likeness (QED) is 0.265. The molecule has 5 nitrogen and oxygen atoms in total. The Morgan fingerprint density at radius 3 is 2.61 bits per heavy atom. The number of aliphatic hydroxyl groups excluding tert-OH is 3. The second-order valence-electron chi connectivity index (χ2n) is 8.73. The second kappa shape index (κ2) is 13.5. The van der Waals surface area contributed by atoms with E-state index in [9.17, 15) is 20.1 Å². The van der Waals surface area contributed by atoms with Crippen molar-refractivity contribution < 1.29 is 24.9 Å². The summed E-state index contributed by atoms with van der Waals surface area (Å²) in [6.07, 6.45) is 10.2. The molecule has 0 heterocycles. The summed E-state index contributed by atoms with van der Waals surface area (Å²) in [4.78, 5) is 11.5. The van der Waals surface area contributed by atoms with Gasteiger partial charge in [-0.15, -0.1) is 0 Å². The van der Waals surface area contributed by atoms with Gasteiger partial charge in [0.2, 0.25) is 0 Å². The number of carbonyl (C=O) groups excluding carboxylic acids is 1. The van der Waals surface area contributed by atoms with Crippen molar-refractivity contribution in [3.8, 4) is 0 Å². The summed E-state index contributed by atoms with van der Waals surface area (Å²) in [5.41, 5.74) is 1.19. The Hall–Kier alpha value is -1.95. The van der Waals surface area contributed by atoms with Crippen molar-refractivity contribution in [3.05, 3.63) is 60.2 Å². The van der Waals surface area contributed by atoms with Gasteiger partial charge in [0.05, 0.1) is 24.4 Å². The highest BCUT2D eigenvalue weighted by molar-refractivity contribution is 5.69. The maximum absolute atomic E-state index is 11.5. The molecule has 0 spiro atoms. The van der Waals surface area contributed by atoms with E-state index in [0.717, 1.165) is 19.3 Å². The highest BCUT2D eigenvalue weighted by atomic mass is 16.5. The van der Waals surface area contributed by atoms with Crippen LogP contribution in [-0.2, 0) is 16.0 Å². The third-order valence-electron chi connectivity index (χ3n) is 5.74. The average molecular weight is 431 g/mol. The molecule has 1 aromatic rings. The normalized spacial score (nSPS) is 25.0. The van der Waals surface area contributed by atoms with Crippen LogP contribution in [0.25, 0.3) is 0 Å². The van der Waals surface area contributed by atoms with Crippen molar-refractivity contribution in [2.24, 2.45) is 11.8 Å². The Labute approximate surface area is 186 Å². The molecule has 2 unspecified atom stereocenters. The lowest BCUT2D eigenvalue weighted by Crippen LogP contribution is -2.20. The van der Waals surface area contributed by atoms with Crippen LogP contribution < -0.4 is 0 Å². The third-order valence-corrected chi connectivity index (χ3v) is 5.74. The van der Waals surface area contributed by atoms with Crippen LogP contribution in [-0.4, -0.2) is 45.7 Å². The fourth-order valence-electron chi connectivity index (χ4n) is 4.08. The van der Waals surface area contributed by atoms with Gasteiger partial charge in [-0.25, -0.2) is 0 Å². The number of unbranched alkanes of at least 4 members (excludes halogenated alkanes) is 1. The number of rotatable bonds is 12. The number of aryl methyl sites for hydroxylation is 1. The van der Waals surface area contributed by atoms with E-state index in [1.54, 1.807) is 6.08 Å². The molecule has 0 saturated heterocycles. The van der Waals surface area contributed by atoms with Crippen molar-refractivity contribution in [1.29, 1.82) is 0 Å². The summed E-state index contributed by atoms with van der Waals surface area (Å²) in [5.74, 6) is -0.421. The minimum absolute atomic E-state index is 0.0743. The Bertz CT molecular complexity index is 697. The largest absolute Gasteiger partial charge is 0.463 e. The lowest BCUT2D eigenvalue weighted by Gasteiger charge is -2.19. The first kappa shape index (κ1) is 25.3. The molecule has 172 valence electrons. The summed E-state index contributed by atoms with van der Waals surface area (Å²) < 4.78 is 5.11. The van der Waals surface area contributed by atoms with E-state index in [-0.39, 0.29) is 23.9 Å². The molecule has 0 aliphatic heterocycles. The van der Waals surface area contributed by atoms with E-state index in [1.807, 2.05) is 62.4 Å². The summed E-state index contributed by atoms with van der Waals surface area (Å²) in [7, 11) is 0. The molecule has 1 aliphatic rings. The minimum atomic E-state index is -0.600. The predicted octanol–water partition coefficient (Wildman–Crippen LogP) is 3.96. The molecule has 5 heteroatoms. The number of ether oxygens (including phenoxy) is 1. The van der Waals surface area contributed by atoms with Gasteiger partial charge in [-0.3, -0.25) is 4.79 Å². The second-order valence-corrected chi connectivity index (χ2v) is 8.73. The molecule has 1 aliphatic carbocycles. The van der Waals surface area contributed by atoms with Crippen molar-refractivity contribution in [3.63, 3.8) is 0 Å². The topological polar surface area (TPSA) is 87.0 Å². The first-order chi connectivity index (χ1) is 14.9. The molecule has 3 N–H and O–H groups in total. The zero-order valence-electron chi connectivity index (χ0n) is 18.8. The van der Waals surface area contributed by atoms with Gasteiger partial charge in [0, 0.05) is 18.8 Å². The molecular formula is C26H38O5. The molecular weight excluding hydrogens is 392 g/mol. The molecule has 0 bridgehead atoms. The number of carbonyl (C=O) groups is 1. The van der Waals surface area contributed by atoms with Crippen LogP contribution in [0.1, 0.15) is 57.9 Å². The van der Waals surface area contributed by atoms with Crippen LogP contribution in [0.3, 0.4) is 0 Å². The van der Waals surface area contributed by atoms with Gasteiger partial charge >= 0.3 is 5.97 Å². The lowest BCUT2D eigenvalue weighted by molar-refractivity contribution is -0.147. The van der Waals surface area contributed by atoms with Crippen LogP contribution in [0.15, 0.2) is 54.6 Å². The molecule has 0 aromatic heterocycles. The van der Waals surface area contributed by atoms with Crippen LogP contribution >= 0.6 is 0 Å². The Morgan fingerprint density at radius 2 is 1.90 bits per heavy atom. The molecule has 2 rings (SSSR count). The van der Waals surface area contributed by atoms with Gasteiger partial charge in [-0.1, -0.05) is 54.6 Å². The van der Waals surface area contributed by atoms with E-state index in [2.05, 4.69) is 0 Å². The molecule has 1 fully saturated rings. The Balaban J connectivity index is 1.77. The van der Waals surface area contributed by atoms with Gasteiger partial charge < -0.3 is 20.1 Å². The van der Waals surface area contributed by atoms with E-state index in [4.69, 9.17) is 4.74 Å². The maximum atomic E-state index is 11.5.